The van der Waals surface area contributed by atoms with Crippen LogP contribution < -0.4 is 0 Å². The monoisotopic (exact) mass is 671 g/mol. The maximum atomic E-state index is 14.2. The van der Waals surface area contributed by atoms with Crippen molar-refractivity contribution >= 4 is 61.5 Å². The molecule has 4 fully saturated rings. The summed E-state index contributed by atoms with van der Waals surface area (Å²) >= 11 is 6.93. The molecule has 0 unspecified atom stereocenters. The smallest absolute Gasteiger partial charge is 0.328 e. The Morgan fingerprint density at radius 3 is 1.43 bits per heavy atom. The van der Waals surface area contributed by atoms with Crippen LogP contribution in [0.15, 0.2) is 57.5 Å². The number of amides is 4. The SMILES string of the molecule is CCN1C(=O)[C@H]2[C@@H](c3ccc(Br)cc3)N3[C@H](c4ccc(Br)cc4)[C@@H]4C(=O)N(CC)C(=O)[C@@H]4C3(C(=O)OC)[C@H]2C1=O. The van der Waals surface area contributed by atoms with E-state index in [1.54, 1.807) is 13.8 Å². The molecule has 0 radical (unpaired) electrons. The van der Waals surface area contributed by atoms with Crippen LogP contribution in [0.1, 0.15) is 37.1 Å². The van der Waals surface area contributed by atoms with E-state index >= 15 is 0 Å². The Morgan fingerprint density at radius 1 is 0.725 bits per heavy atom. The third kappa shape index (κ3) is 3.31. The Morgan fingerprint density at radius 2 is 1.10 bits per heavy atom. The molecule has 11 heteroatoms. The van der Waals surface area contributed by atoms with Crippen molar-refractivity contribution in [3.05, 3.63) is 68.6 Å². The summed E-state index contributed by atoms with van der Waals surface area (Å²) in [6.07, 6.45) is 0. The van der Waals surface area contributed by atoms with Gasteiger partial charge in [-0.15, -0.1) is 0 Å². The molecule has 208 valence electrons. The van der Waals surface area contributed by atoms with E-state index in [1.807, 2.05) is 53.4 Å². The molecule has 6 atom stereocenters. The summed E-state index contributed by atoms with van der Waals surface area (Å²) < 4.78 is 7.05. The quantitative estimate of drug-likeness (QED) is 0.354. The van der Waals surface area contributed by atoms with Gasteiger partial charge in [-0.1, -0.05) is 56.1 Å². The third-order valence-electron chi connectivity index (χ3n) is 9.11. The van der Waals surface area contributed by atoms with Crippen LogP contribution in [0.25, 0.3) is 0 Å². The van der Waals surface area contributed by atoms with E-state index in [1.165, 1.54) is 16.9 Å². The van der Waals surface area contributed by atoms with Crippen molar-refractivity contribution in [1.82, 2.24) is 14.7 Å². The maximum Gasteiger partial charge on any atom is 0.328 e. The molecule has 0 spiro atoms. The first-order chi connectivity index (χ1) is 19.1. The zero-order valence-electron chi connectivity index (χ0n) is 22.0. The number of nitrogens with zero attached hydrogens (tertiary/aromatic N) is 3. The largest absolute Gasteiger partial charge is 0.468 e. The molecular formula is C29H27Br2N3O6. The number of hydrogen-bond donors (Lipinski definition) is 0. The van der Waals surface area contributed by atoms with E-state index in [4.69, 9.17) is 4.74 Å². The molecule has 4 heterocycles. The molecule has 0 N–H and O–H groups in total. The van der Waals surface area contributed by atoms with Crippen LogP contribution in [0.4, 0.5) is 0 Å². The summed E-state index contributed by atoms with van der Waals surface area (Å²) in [6.45, 7) is 3.68. The molecular weight excluding hydrogens is 646 g/mol. The van der Waals surface area contributed by atoms with E-state index in [9.17, 15) is 24.0 Å². The fourth-order valence-corrected chi connectivity index (χ4v) is 8.29. The Hall–Kier alpha value is -2.89. The first-order valence-corrected chi connectivity index (χ1v) is 14.8. The van der Waals surface area contributed by atoms with Crippen molar-refractivity contribution in [3.8, 4) is 0 Å². The summed E-state index contributed by atoms with van der Waals surface area (Å²) in [6, 6.07) is 13.2. The van der Waals surface area contributed by atoms with Crippen LogP contribution in [0.5, 0.6) is 0 Å². The topological polar surface area (TPSA) is 104 Å². The van der Waals surface area contributed by atoms with Gasteiger partial charge in [0.2, 0.25) is 23.6 Å². The van der Waals surface area contributed by atoms with Gasteiger partial charge < -0.3 is 4.74 Å². The van der Waals surface area contributed by atoms with Crippen LogP contribution in [0.2, 0.25) is 0 Å². The number of ether oxygens (including phenoxy) is 1. The highest BCUT2D eigenvalue weighted by Gasteiger charge is 2.84. The van der Waals surface area contributed by atoms with Gasteiger partial charge in [0, 0.05) is 34.1 Å². The molecule has 0 saturated carbocycles. The lowest BCUT2D eigenvalue weighted by atomic mass is 9.69. The van der Waals surface area contributed by atoms with Crippen molar-refractivity contribution in [1.29, 1.82) is 0 Å². The number of fused-ring (bicyclic) bond motifs is 5. The van der Waals surface area contributed by atoms with Gasteiger partial charge in [0.15, 0.2) is 0 Å². The summed E-state index contributed by atoms with van der Waals surface area (Å²) in [5.41, 5.74) is -0.442. The van der Waals surface area contributed by atoms with Crippen molar-refractivity contribution in [2.45, 2.75) is 31.5 Å². The molecule has 40 heavy (non-hydrogen) atoms. The van der Waals surface area contributed by atoms with Gasteiger partial charge in [0.05, 0.1) is 30.8 Å². The van der Waals surface area contributed by atoms with E-state index in [2.05, 4.69) is 31.9 Å². The van der Waals surface area contributed by atoms with Gasteiger partial charge in [0.1, 0.15) is 5.54 Å². The highest BCUT2D eigenvalue weighted by atomic mass is 79.9. The molecule has 0 aliphatic carbocycles. The van der Waals surface area contributed by atoms with Crippen LogP contribution in [0, 0.1) is 23.7 Å². The van der Waals surface area contributed by atoms with Gasteiger partial charge in [-0.2, -0.15) is 0 Å². The van der Waals surface area contributed by atoms with Gasteiger partial charge in [-0.3, -0.25) is 33.9 Å². The Kier molecular flexibility index (Phi) is 6.55. The number of imide groups is 2. The Balaban J connectivity index is 1.70. The standard InChI is InChI=1S/C29H27Br2N3O6/c1-4-32-24(35)18-20(26(32)37)29(28(39)40-3)21-19(25(36)33(5-2)27(21)38)23(15-8-12-17(31)13-9-15)34(29)22(18)14-6-10-16(30)11-7-14/h6-13,18-23H,4-5H2,1-3H3/t18-,19-,20-,21-,22-,23-/m1/s1. The number of likely N-dealkylation sites (tertiary alicyclic amines) is 2. The van der Waals surface area contributed by atoms with Gasteiger partial charge >= 0.3 is 5.97 Å². The summed E-state index contributed by atoms with van der Waals surface area (Å²) in [5.74, 6) is -6.86. The van der Waals surface area contributed by atoms with E-state index in [-0.39, 0.29) is 13.1 Å². The predicted molar refractivity (Wildman–Crippen MR) is 149 cm³/mol. The van der Waals surface area contributed by atoms with Crippen molar-refractivity contribution in [3.63, 3.8) is 0 Å². The van der Waals surface area contributed by atoms with Crippen LogP contribution in [-0.2, 0) is 28.7 Å². The number of methoxy groups -OCH3 is 1. The number of halogens is 2. The summed E-state index contributed by atoms with van der Waals surface area (Å²) in [4.78, 5) is 74.5. The maximum absolute atomic E-state index is 14.2. The molecule has 6 rings (SSSR count). The lowest BCUT2D eigenvalue weighted by molar-refractivity contribution is -0.166. The zero-order valence-corrected chi connectivity index (χ0v) is 25.2. The minimum absolute atomic E-state index is 0.132. The molecule has 0 bridgehead atoms. The molecule has 2 aromatic rings. The Labute approximate surface area is 248 Å². The number of rotatable bonds is 5. The molecule has 4 saturated heterocycles. The number of esters is 1. The van der Waals surface area contributed by atoms with Gasteiger partial charge in [0.25, 0.3) is 0 Å². The van der Waals surface area contributed by atoms with Crippen molar-refractivity contribution in [2.75, 3.05) is 20.2 Å². The minimum atomic E-state index is -1.85. The van der Waals surface area contributed by atoms with E-state index in [0.29, 0.717) is 11.1 Å². The molecule has 2 aromatic carbocycles. The van der Waals surface area contributed by atoms with Crippen molar-refractivity contribution < 1.29 is 28.7 Å². The van der Waals surface area contributed by atoms with E-state index < -0.39 is 70.9 Å². The number of benzene rings is 2. The highest BCUT2D eigenvalue weighted by Crippen LogP contribution is 2.69. The average Bonchev–Trinajstić information content (AvgIpc) is 3.58. The second-order valence-corrected chi connectivity index (χ2v) is 12.4. The fourth-order valence-electron chi connectivity index (χ4n) is 7.76. The molecule has 9 nitrogen and oxygen atoms in total. The van der Waals surface area contributed by atoms with Crippen LogP contribution >= 0.6 is 31.9 Å². The van der Waals surface area contributed by atoms with E-state index in [0.717, 1.165) is 8.95 Å². The predicted octanol–water partition coefficient (Wildman–Crippen LogP) is 3.48. The Bertz CT molecular complexity index is 1350. The molecule has 4 aliphatic rings. The van der Waals surface area contributed by atoms with Gasteiger partial charge in [-0.05, 0) is 49.2 Å². The fraction of sp³-hybridized carbons (Fsp3) is 0.414. The number of carbonyl (C=O) groups excluding carboxylic acids is 5. The first-order valence-electron chi connectivity index (χ1n) is 13.2. The average molecular weight is 673 g/mol. The van der Waals surface area contributed by atoms with Crippen molar-refractivity contribution in [2.24, 2.45) is 23.7 Å². The van der Waals surface area contributed by atoms with Crippen LogP contribution in [0.3, 0.4) is 0 Å². The second-order valence-electron chi connectivity index (χ2n) is 10.6. The zero-order chi connectivity index (χ0) is 28.7. The van der Waals surface area contributed by atoms with Crippen LogP contribution in [-0.4, -0.2) is 70.0 Å². The van der Waals surface area contributed by atoms with Gasteiger partial charge in [-0.25, -0.2) is 4.79 Å². The first kappa shape index (κ1) is 27.3. The number of carbonyl (C=O) groups is 5. The third-order valence-corrected chi connectivity index (χ3v) is 10.2. The minimum Gasteiger partial charge on any atom is -0.468 e. The molecule has 4 aliphatic heterocycles. The highest BCUT2D eigenvalue weighted by molar-refractivity contribution is 9.10. The molecule has 4 amide bonds. The summed E-state index contributed by atoms with van der Waals surface area (Å²) in [5, 5.41) is 0. The lowest BCUT2D eigenvalue weighted by Gasteiger charge is -2.41. The second kappa shape index (κ2) is 9.60. The number of hydrogen-bond acceptors (Lipinski definition) is 7. The normalized spacial score (nSPS) is 30.6. The lowest BCUT2D eigenvalue weighted by Crippen LogP contribution is -2.60. The summed E-state index contributed by atoms with van der Waals surface area (Å²) in [7, 11) is 1.22. The molecule has 0 aromatic heterocycles.